The largest absolute Gasteiger partial charge is 0.354 e. The standard InChI is InChI=1S/C21H15N3O4/c1-13-11-17-18(12-19(13)24(27)28)22-21(15-5-3-2-4-6-15)20(17)14-7-9-16(10-8-14)23(25)26/h2-12,22H,1H3. The molecule has 0 saturated heterocycles. The highest BCUT2D eigenvalue weighted by Gasteiger charge is 2.20. The predicted molar refractivity (Wildman–Crippen MR) is 107 cm³/mol. The van der Waals surface area contributed by atoms with Crippen molar-refractivity contribution < 1.29 is 9.85 Å². The van der Waals surface area contributed by atoms with Gasteiger partial charge in [0.15, 0.2) is 0 Å². The number of aromatic amines is 1. The van der Waals surface area contributed by atoms with E-state index in [0.717, 1.165) is 27.8 Å². The van der Waals surface area contributed by atoms with Gasteiger partial charge in [-0.1, -0.05) is 30.3 Å². The first-order valence-electron chi connectivity index (χ1n) is 8.56. The van der Waals surface area contributed by atoms with Gasteiger partial charge in [0.2, 0.25) is 0 Å². The van der Waals surface area contributed by atoms with E-state index in [4.69, 9.17) is 0 Å². The molecule has 0 amide bonds. The van der Waals surface area contributed by atoms with Crippen molar-refractivity contribution in [2.45, 2.75) is 6.92 Å². The van der Waals surface area contributed by atoms with Crippen molar-refractivity contribution >= 4 is 22.3 Å². The summed E-state index contributed by atoms with van der Waals surface area (Å²) in [5.74, 6) is 0. The van der Waals surface area contributed by atoms with Gasteiger partial charge in [0.25, 0.3) is 11.4 Å². The average Bonchev–Trinajstić information content (AvgIpc) is 3.06. The summed E-state index contributed by atoms with van der Waals surface area (Å²) < 4.78 is 0. The minimum absolute atomic E-state index is 0.0108. The summed E-state index contributed by atoms with van der Waals surface area (Å²) in [6.07, 6.45) is 0. The molecule has 7 nitrogen and oxygen atoms in total. The van der Waals surface area contributed by atoms with Crippen molar-refractivity contribution in [2.75, 3.05) is 0 Å². The number of nitro groups is 2. The molecule has 7 heteroatoms. The molecule has 0 fully saturated rings. The van der Waals surface area contributed by atoms with Gasteiger partial charge in [-0.05, 0) is 36.2 Å². The fourth-order valence-electron chi connectivity index (χ4n) is 3.41. The lowest BCUT2D eigenvalue weighted by atomic mass is 9.97. The molecule has 0 unspecified atom stereocenters. The minimum atomic E-state index is -0.440. The third-order valence-corrected chi connectivity index (χ3v) is 4.74. The molecule has 1 N–H and O–H groups in total. The van der Waals surface area contributed by atoms with Gasteiger partial charge in [0, 0.05) is 34.7 Å². The third kappa shape index (κ3) is 2.88. The Bertz CT molecular complexity index is 1210. The Kier molecular flexibility index (Phi) is 4.12. The zero-order chi connectivity index (χ0) is 19.8. The van der Waals surface area contributed by atoms with E-state index in [1.807, 2.05) is 30.3 Å². The van der Waals surface area contributed by atoms with Crippen molar-refractivity contribution in [3.8, 4) is 22.4 Å². The maximum atomic E-state index is 11.3. The second-order valence-corrected chi connectivity index (χ2v) is 6.49. The predicted octanol–water partition coefficient (Wildman–Crippen LogP) is 5.63. The van der Waals surface area contributed by atoms with E-state index in [1.54, 1.807) is 25.1 Å². The number of aromatic nitrogens is 1. The van der Waals surface area contributed by atoms with Crippen LogP contribution in [-0.2, 0) is 0 Å². The quantitative estimate of drug-likeness (QED) is 0.370. The van der Waals surface area contributed by atoms with E-state index < -0.39 is 9.85 Å². The van der Waals surface area contributed by atoms with Crippen molar-refractivity contribution in [3.63, 3.8) is 0 Å². The number of nitrogens with one attached hydrogen (secondary N) is 1. The van der Waals surface area contributed by atoms with Crippen LogP contribution in [0.25, 0.3) is 33.3 Å². The van der Waals surface area contributed by atoms with Gasteiger partial charge >= 0.3 is 0 Å². The number of H-pyrrole nitrogens is 1. The van der Waals surface area contributed by atoms with Crippen LogP contribution in [0.3, 0.4) is 0 Å². The van der Waals surface area contributed by atoms with Crippen molar-refractivity contribution in [1.82, 2.24) is 4.98 Å². The molecule has 0 atom stereocenters. The topological polar surface area (TPSA) is 102 Å². The zero-order valence-electron chi connectivity index (χ0n) is 14.9. The third-order valence-electron chi connectivity index (χ3n) is 4.74. The normalized spacial score (nSPS) is 10.9. The SMILES string of the molecule is Cc1cc2c(-c3ccc([N+](=O)[O-])cc3)c(-c3ccccc3)[nH]c2cc1[N+](=O)[O-]. The van der Waals surface area contributed by atoms with Crippen molar-refractivity contribution in [1.29, 1.82) is 0 Å². The lowest BCUT2D eigenvalue weighted by molar-refractivity contribution is -0.385. The van der Waals surface area contributed by atoms with Crippen LogP contribution in [0.5, 0.6) is 0 Å². The van der Waals surface area contributed by atoms with Crippen LogP contribution in [0.1, 0.15) is 5.56 Å². The van der Waals surface area contributed by atoms with Crippen molar-refractivity contribution in [3.05, 3.63) is 92.5 Å². The first-order chi connectivity index (χ1) is 13.5. The van der Waals surface area contributed by atoms with E-state index in [2.05, 4.69) is 4.98 Å². The number of aryl methyl sites for hydroxylation is 1. The molecule has 3 aromatic carbocycles. The highest BCUT2D eigenvalue weighted by molar-refractivity contribution is 6.04. The number of non-ortho nitro benzene ring substituents is 1. The fourth-order valence-corrected chi connectivity index (χ4v) is 3.41. The first-order valence-corrected chi connectivity index (χ1v) is 8.56. The zero-order valence-corrected chi connectivity index (χ0v) is 14.9. The molecular formula is C21H15N3O4. The lowest BCUT2D eigenvalue weighted by Crippen LogP contribution is -1.91. The Morgan fingerprint density at radius 3 is 2.11 bits per heavy atom. The summed E-state index contributed by atoms with van der Waals surface area (Å²) in [4.78, 5) is 24.8. The molecule has 0 bridgehead atoms. The van der Waals surface area contributed by atoms with Gasteiger partial charge < -0.3 is 4.98 Å². The highest BCUT2D eigenvalue weighted by Crippen LogP contribution is 2.40. The van der Waals surface area contributed by atoms with Crippen LogP contribution in [-0.4, -0.2) is 14.8 Å². The maximum absolute atomic E-state index is 11.3. The van der Waals surface area contributed by atoms with Gasteiger partial charge in [-0.3, -0.25) is 20.2 Å². The number of nitro benzene ring substituents is 2. The van der Waals surface area contributed by atoms with Gasteiger partial charge in [0.1, 0.15) is 0 Å². The Balaban J connectivity index is 2.02. The second-order valence-electron chi connectivity index (χ2n) is 6.49. The molecule has 1 heterocycles. The van der Waals surface area contributed by atoms with Gasteiger partial charge in [0.05, 0.1) is 21.1 Å². The maximum Gasteiger partial charge on any atom is 0.274 e. The second kappa shape index (κ2) is 6.62. The van der Waals surface area contributed by atoms with Crippen LogP contribution in [0.2, 0.25) is 0 Å². The number of hydrogen-bond donors (Lipinski definition) is 1. The number of fused-ring (bicyclic) bond motifs is 1. The minimum Gasteiger partial charge on any atom is -0.354 e. The molecule has 28 heavy (non-hydrogen) atoms. The van der Waals surface area contributed by atoms with Crippen LogP contribution >= 0.6 is 0 Å². The molecule has 4 rings (SSSR count). The lowest BCUT2D eigenvalue weighted by Gasteiger charge is -2.06. The average molecular weight is 373 g/mol. The summed E-state index contributed by atoms with van der Waals surface area (Å²) in [7, 11) is 0. The fraction of sp³-hybridized carbons (Fsp3) is 0.0476. The van der Waals surface area contributed by atoms with Crippen LogP contribution in [0.15, 0.2) is 66.7 Å². The summed E-state index contributed by atoms with van der Waals surface area (Å²) in [6.45, 7) is 1.70. The van der Waals surface area contributed by atoms with E-state index in [-0.39, 0.29) is 11.4 Å². The van der Waals surface area contributed by atoms with E-state index >= 15 is 0 Å². The number of hydrogen-bond acceptors (Lipinski definition) is 4. The van der Waals surface area contributed by atoms with Gasteiger partial charge in [-0.25, -0.2) is 0 Å². The van der Waals surface area contributed by atoms with Gasteiger partial charge in [-0.2, -0.15) is 0 Å². The van der Waals surface area contributed by atoms with Crippen LogP contribution in [0, 0.1) is 27.2 Å². The smallest absolute Gasteiger partial charge is 0.274 e. The summed E-state index contributed by atoms with van der Waals surface area (Å²) in [6, 6.07) is 19.3. The molecular weight excluding hydrogens is 358 g/mol. The van der Waals surface area contributed by atoms with Gasteiger partial charge in [-0.15, -0.1) is 0 Å². The monoisotopic (exact) mass is 373 g/mol. The Hall–Kier alpha value is -4.00. The molecule has 0 aliphatic rings. The van der Waals surface area contributed by atoms with Crippen molar-refractivity contribution in [2.24, 2.45) is 0 Å². The molecule has 4 aromatic rings. The van der Waals surface area contributed by atoms with Crippen LogP contribution in [0.4, 0.5) is 11.4 Å². The molecule has 0 saturated carbocycles. The molecule has 0 aliphatic heterocycles. The first kappa shape index (κ1) is 17.4. The summed E-state index contributed by atoms with van der Waals surface area (Å²) in [5, 5.41) is 23.1. The molecule has 0 radical (unpaired) electrons. The molecule has 0 aliphatic carbocycles. The molecule has 0 spiro atoms. The number of nitrogens with zero attached hydrogens (tertiary/aromatic N) is 2. The number of benzene rings is 3. The van der Waals surface area contributed by atoms with E-state index in [9.17, 15) is 20.2 Å². The number of rotatable bonds is 4. The van der Waals surface area contributed by atoms with Crippen LogP contribution < -0.4 is 0 Å². The Morgan fingerprint density at radius 2 is 1.50 bits per heavy atom. The molecule has 1 aromatic heterocycles. The summed E-state index contributed by atoms with van der Waals surface area (Å²) >= 11 is 0. The molecule has 138 valence electrons. The Labute approximate surface area is 159 Å². The summed E-state index contributed by atoms with van der Waals surface area (Å²) in [5.41, 5.74) is 4.64. The highest BCUT2D eigenvalue weighted by atomic mass is 16.6. The Morgan fingerprint density at radius 1 is 0.821 bits per heavy atom. The van der Waals surface area contributed by atoms with E-state index in [1.165, 1.54) is 18.2 Å². The van der Waals surface area contributed by atoms with E-state index in [0.29, 0.717) is 11.1 Å².